The van der Waals surface area contributed by atoms with Gasteiger partial charge in [0.25, 0.3) is 0 Å². The van der Waals surface area contributed by atoms with Gasteiger partial charge in [-0.15, -0.1) is 0 Å². The zero-order chi connectivity index (χ0) is 14.1. The van der Waals surface area contributed by atoms with E-state index >= 15 is 0 Å². The van der Waals surface area contributed by atoms with Crippen molar-refractivity contribution in [2.75, 3.05) is 7.11 Å². The molecule has 0 saturated heterocycles. The third-order valence-corrected chi connectivity index (χ3v) is 2.59. The summed E-state index contributed by atoms with van der Waals surface area (Å²) in [7, 11) is 1.64. The van der Waals surface area contributed by atoms with E-state index in [1.807, 2.05) is 50.3 Å². The number of nitrogens with zero attached hydrogens (tertiary/aromatic N) is 1. The number of isocyanates is 1. The first kappa shape index (κ1) is 15.2. The number of ether oxygens (including phenoxy) is 2. The van der Waals surface area contributed by atoms with E-state index in [0.717, 1.165) is 11.3 Å². The maximum atomic E-state index is 10.1. The fraction of sp³-hybridized carbons (Fsp3) is 0.400. The Morgan fingerprint density at radius 3 is 2.53 bits per heavy atom. The van der Waals surface area contributed by atoms with Gasteiger partial charge in [0.05, 0.1) is 25.9 Å². The van der Waals surface area contributed by atoms with E-state index < -0.39 is 0 Å². The standard InChI is InChI=1S/C15H19NO3/c1-12(16-11-17)4-5-13(2)19-10-14-6-8-15(18-3)9-7-14/h4-9,12-13H,10H2,1-3H3/t12-,13+/m1/s1. The van der Waals surface area contributed by atoms with Crippen molar-refractivity contribution >= 4 is 6.08 Å². The molecule has 0 radical (unpaired) electrons. The zero-order valence-electron chi connectivity index (χ0n) is 11.5. The first-order valence-corrected chi connectivity index (χ1v) is 6.15. The molecule has 0 aliphatic carbocycles. The Hall–Kier alpha value is -1.90. The van der Waals surface area contributed by atoms with E-state index in [9.17, 15) is 4.79 Å². The summed E-state index contributed by atoms with van der Waals surface area (Å²) in [6.07, 6.45) is 5.20. The molecular formula is C15H19NO3. The molecule has 0 heterocycles. The van der Waals surface area contributed by atoms with E-state index in [2.05, 4.69) is 4.99 Å². The van der Waals surface area contributed by atoms with Gasteiger partial charge < -0.3 is 9.47 Å². The van der Waals surface area contributed by atoms with E-state index in [1.54, 1.807) is 7.11 Å². The maximum absolute atomic E-state index is 10.1. The lowest BCUT2D eigenvalue weighted by atomic mass is 10.2. The van der Waals surface area contributed by atoms with Crippen molar-refractivity contribution in [2.45, 2.75) is 32.6 Å². The molecule has 0 aliphatic heterocycles. The topological polar surface area (TPSA) is 47.9 Å². The number of carbonyl (C=O) groups excluding carboxylic acids is 1. The largest absolute Gasteiger partial charge is 0.497 e. The summed E-state index contributed by atoms with van der Waals surface area (Å²) in [5.74, 6) is 0.831. The second-order valence-corrected chi connectivity index (χ2v) is 4.21. The summed E-state index contributed by atoms with van der Waals surface area (Å²) in [5, 5.41) is 0. The van der Waals surface area contributed by atoms with Crippen LogP contribution < -0.4 is 4.74 Å². The van der Waals surface area contributed by atoms with Crippen LogP contribution in [0.15, 0.2) is 41.4 Å². The van der Waals surface area contributed by atoms with Gasteiger partial charge in [-0.25, -0.2) is 4.79 Å². The third-order valence-electron chi connectivity index (χ3n) is 2.59. The van der Waals surface area contributed by atoms with Crippen LogP contribution in [-0.4, -0.2) is 25.3 Å². The van der Waals surface area contributed by atoms with Gasteiger partial charge in [-0.3, -0.25) is 0 Å². The number of rotatable bonds is 7. The Kier molecular flexibility index (Phi) is 6.58. The first-order chi connectivity index (χ1) is 9.15. The van der Waals surface area contributed by atoms with Crippen LogP contribution in [0.25, 0.3) is 0 Å². The van der Waals surface area contributed by atoms with Crippen LogP contribution in [0.4, 0.5) is 0 Å². The summed E-state index contributed by atoms with van der Waals surface area (Å²) in [5.41, 5.74) is 1.08. The van der Waals surface area contributed by atoms with Gasteiger partial charge in [0.2, 0.25) is 6.08 Å². The molecule has 0 aliphatic rings. The second-order valence-electron chi connectivity index (χ2n) is 4.21. The second kappa shape index (κ2) is 8.25. The molecule has 0 saturated carbocycles. The lowest BCUT2D eigenvalue weighted by Gasteiger charge is -2.09. The molecule has 0 spiro atoms. The monoisotopic (exact) mass is 261 g/mol. The molecule has 4 heteroatoms. The quantitative estimate of drug-likeness (QED) is 0.431. The SMILES string of the molecule is COc1ccc(CO[C@@H](C)C=C[C@@H](C)N=C=O)cc1. The van der Waals surface area contributed by atoms with E-state index in [0.29, 0.717) is 6.61 Å². The normalized spacial score (nSPS) is 13.8. The minimum absolute atomic E-state index is 0.0357. The average molecular weight is 261 g/mol. The van der Waals surface area contributed by atoms with Crippen LogP contribution >= 0.6 is 0 Å². The van der Waals surface area contributed by atoms with E-state index in [1.165, 1.54) is 6.08 Å². The summed E-state index contributed by atoms with van der Waals surface area (Å²) in [4.78, 5) is 13.6. The Morgan fingerprint density at radius 2 is 1.95 bits per heavy atom. The molecule has 0 bridgehead atoms. The molecule has 4 nitrogen and oxygen atoms in total. The van der Waals surface area contributed by atoms with Crippen LogP contribution in [0.2, 0.25) is 0 Å². The lowest BCUT2D eigenvalue weighted by molar-refractivity contribution is 0.0838. The highest BCUT2D eigenvalue weighted by Crippen LogP contribution is 2.12. The first-order valence-electron chi connectivity index (χ1n) is 6.15. The number of aliphatic imine (C=N–C) groups is 1. The molecule has 2 atom stereocenters. The minimum Gasteiger partial charge on any atom is -0.497 e. The summed E-state index contributed by atoms with van der Waals surface area (Å²) in [6.45, 7) is 4.29. The Balaban J connectivity index is 2.40. The van der Waals surface area contributed by atoms with Crippen molar-refractivity contribution in [3.63, 3.8) is 0 Å². The van der Waals surface area contributed by atoms with Crippen LogP contribution in [0.3, 0.4) is 0 Å². The van der Waals surface area contributed by atoms with Gasteiger partial charge in [0, 0.05) is 0 Å². The zero-order valence-corrected chi connectivity index (χ0v) is 11.5. The molecular weight excluding hydrogens is 242 g/mol. The van der Waals surface area contributed by atoms with Crippen LogP contribution in [0, 0.1) is 0 Å². The van der Waals surface area contributed by atoms with Crippen molar-refractivity contribution < 1.29 is 14.3 Å². The fourth-order valence-electron chi connectivity index (χ4n) is 1.45. The summed E-state index contributed by atoms with van der Waals surface area (Å²) < 4.78 is 10.8. The van der Waals surface area contributed by atoms with Crippen molar-refractivity contribution in [1.82, 2.24) is 0 Å². The Morgan fingerprint density at radius 1 is 1.26 bits per heavy atom. The smallest absolute Gasteiger partial charge is 0.235 e. The molecule has 0 fully saturated rings. The van der Waals surface area contributed by atoms with Gasteiger partial charge in [-0.1, -0.05) is 24.3 Å². The molecule has 19 heavy (non-hydrogen) atoms. The Labute approximate surface area is 113 Å². The molecule has 0 aromatic heterocycles. The number of methoxy groups -OCH3 is 1. The highest BCUT2D eigenvalue weighted by molar-refractivity contribution is 5.34. The van der Waals surface area contributed by atoms with Gasteiger partial charge in [-0.2, -0.15) is 4.99 Å². The molecule has 1 aromatic rings. The van der Waals surface area contributed by atoms with Crippen molar-refractivity contribution in [3.8, 4) is 5.75 Å². The van der Waals surface area contributed by atoms with Gasteiger partial charge in [-0.05, 0) is 31.5 Å². The number of hydrogen-bond donors (Lipinski definition) is 0. The lowest BCUT2D eigenvalue weighted by Crippen LogP contribution is -2.05. The van der Waals surface area contributed by atoms with Crippen LogP contribution in [0.1, 0.15) is 19.4 Å². The minimum atomic E-state index is -0.162. The molecule has 1 aromatic carbocycles. The number of hydrogen-bond acceptors (Lipinski definition) is 4. The highest BCUT2D eigenvalue weighted by Gasteiger charge is 2.00. The van der Waals surface area contributed by atoms with Crippen LogP contribution in [0.5, 0.6) is 5.75 Å². The Bertz CT molecular complexity index is 447. The van der Waals surface area contributed by atoms with Crippen molar-refractivity contribution in [2.24, 2.45) is 4.99 Å². The van der Waals surface area contributed by atoms with Gasteiger partial charge >= 0.3 is 0 Å². The van der Waals surface area contributed by atoms with Gasteiger partial charge in [0.1, 0.15) is 5.75 Å². The highest BCUT2D eigenvalue weighted by atomic mass is 16.5. The van der Waals surface area contributed by atoms with Crippen molar-refractivity contribution in [3.05, 3.63) is 42.0 Å². The van der Waals surface area contributed by atoms with E-state index in [4.69, 9.17) is 9.47 Å². The number of benzene rings is 1. The predicted molar refractivity (Wildman–Crippen MR) is 74.0 cm³/mol. The fourth-order valence-corrected chi connectivity index (χ4v) is 1.45. The predicted octanol–water partition coefficient (Wildman–Crippen LogP) is 2.88. The van der Waals surface area contributed by atoms with Gasteiger partial charge in [0.15, 0.2) is 0 Å². The van der Waals surface area contributed by atoms with Crippen LogP contribution in [-0.2, 0) is 16.1 Å². The van der Waals surface area contributed by atoms with Crippen molar-refractivity contribution in [1.29, 1.82) is 0 Å². The molecule has 0 amide bonds. The maximum Gasteiger partial charge on any atom is 0.235 e. The van der Waals surface area contributed by atoms with E-state index in [-0.39, 0.29) is 12.1 Å². The molecule has 102 valence electrons. The third kappa shape index (κ3) is 6.00. The summed E-state index contributed by atoms with van der Waals surface area (Å²) >= 11 is 0. The molecule has 1 rings (SSSR count). The summed E-state index contributed by atoms with van der Waals surface area (Å²) in [6, 6.07) is 7.58. The molecule has 0 unspecified atom stereocenters. The molecule has 0 N–H and O–H groups in total. The average Bonchev–Trinajstić information content (AvgIpc) is 2.44.